The number of amides is 1. The van der Waals surface area contributed by atoms with Gasteiger partial charge in [0.2, 0.25) is 0 Å². The Bertz CT molecular complexity index is 989. The molecule has 0 radical (unpaired) electrons. The number of nitrogens with zero attached hydrogens (tertiary/aromatic N) is 1. The summed E-state index contributed by atoms with van der Waals surface area (Å²) in [5.74, 6) is 0.433. The molecule has 1 fully saturated rings. The Balaban J connectivity index is 1.69. The van der Waals surface area contributed by atoms with E-state index < -0.39 is 11.7 Å². The number of benzene rings is 2. The minimum Gasteiger partial charge on any atom is -0.322 e. The average Bonchev–Trinajstić information content (AvgIpc) is 3.21. The van der Waals surface area contributed by atoms with Gasteiger partial charge in [0.05, 0.1) is 5.56 Å². The van der Waals surface area contributed by atoms with Crippen molar-refractivity contribution in [3.63, 3.8) is 0 Å². The molecule has 1 amide bonds. The fourth-order valence-electron chi connectivity index (χ4n) is 4.87. The Kier molecular flexibility index (Phi) is 6.58. The number of rotatable bonds is 0. The van der Waals surface area contributed by atoms with Gasteiger partial charge < -0.3 is 15.5 Å². The fraction of sp³-hybridized carbons (Fsp3) is 0.480. The maximum absolute atomic E-state index is 13.4. The third kappa shape index (κ3) is 5.15. The van der Waals surface area contributed by atoms with Crippen LogP contribution in [0.4, 0.5) is 18.9 Å². The molecule has 2 aromatic rings. The lowest BCUT2D eigenvalue weighted by Crippen LogP contribution is -2.32. The first-order valence-corrected chi connectivity index (χ1v) is 11.3. The summed E-state index contributed by atoms with van der Waals surface area (Å²) in [6, 6.07) is 9.40. The van der Waals surface area contributed by atoms with E-state index in [0.717, 1.165) is 49.8 Å². The zero-order valence-corrected chi connectivity index (χ0v) is 18.6. The first-order chi connectivity index (χ1) is 15.2. The van der Waals surface area contributed by atoms with Gasteiger partial charge in [-0.2, -0.15) is 13.2 Å². The Hall–Kier alpha value is -2.38. The number of carbonyl (C=O) groups excluding carboxylic acids is 1. The largest absolute Gasteiger partial charge is 0.416 e. The minimum atomic E-state index is -4.47. The Morgan fingerprint density at radius 1 is 1.06 bits per heavy atom. The van der Waals surface area contributed by atoms with Gasteiger partial charge in [0, 0.05) is 30.9 Å². The summed E-state index contributed by atoms with van der Waals surface area (Å²) < 4.78 is 40.3. The number of carbonyl (C=O) groups is 1. The van der Waals surface area contributed by atoms with Crippen LogP contribution in [-0.2, 0) is 12.6 Å². The van der Waals surface area contributed by atoms with Gasteiger partial charge in [-0.1, -0.05) is 13.0 Å². The number of hydrogen-bond donors (Lipinski definition) is 2. The molecule has 0 spiro atoms. The smallest absolute Gasteiger partial charge is 0.322 e. The summed E-state index contributed by atoms with van der Waals surface area (Å²) >= 11 is 0. The predicted octanol–water partition coefficient (Wildman–Crippen LogP) is 4.84. The van der Waals surface area contributed by atoms with E-state index in [1.54, 1.807) is 12.1 Å². The fourth-order valence-corrected chi connectivity index (χ4v) is 4.87. The van der Waals surface area contributed by atoms with Crippen LogP contribution in [0.15, 0.2) is 36.4 Å². The van der Waals surface area contributed by atoms with Crippen LogP contribution in [0.2, 0.25) is 0 Å². The number of anilines is 1. The van der Waals surface area contributed by atoms with E-state index in [-0.39, 0.29) is 11.6 Å². The molecule has 0 aliphatic carbocycles. The summed E-state index contributed by atoms with van der Waals surface area (Å²) in [5.41, 5.74) is 2.71. The zero-order valence-electron chi connectivity index (χ0n) is 18.6. The molecule has 1 saturated heterocycles. The lowest BCUT2D eigenvalue weighted by atomic mass is 9.84. The molecule has 3 unspecified atom stereocenters. The van der Waals surface area contributed by atoms with Crippen molar-refractivity contribution in [2.75, 3.05) is 38.0 Å². The van der Waals surface area contributed by atoms with Gasteiger partial charge in [0.1, 0.15) is 0 Å². The van der Waals surface area contributed by atoms with Crippen molar-refractivity contribution in [1.29, 1.82) is 0 Å². The summed E-state index contributed by atoms with van der Waals surface area (Å²) in [7, 11) is 0. The van der Waals surface area contributed by atoms with Gasteiger partial charge in [-0.3, -0.25) is 4.79 Å². The third-order valence-corrected chi connectivity index (χ3v) is 6.82. The highest BCUT2D eigenvalue weighted by Gasteiger charge is 2.32. The normalized spacial score (nSPS) is 24.7. The van der Waals surface area contributed by atoms with Crippen LogP contribution in [0.5, 0.6) is 0 Å². The van der Waals surface area contributed by atoms with Crippen LogP contribution >= 0.6 is 0 Å². The predicted molar refractivity (Wildman–Crippen MR) is 120 cm³/mol. The monoisotopic (exact) mass is 445 g/mol. The second-order valence-electron chi connectivity index (χ2n) is 9.08. The molecule has 2 aliphatic rings. The van der Waals surface area contributed by atoms with E-state index in [2.05, 4.69) is 22.5 Å². The van der Waals surface area contributed by atoms with E-state index in [4.69, 9.17) is 0 Å². The summed E-state index contributed by atoms with van der Waals surface area (Å²) in [4.78, 5) is 15.4. The van der Waals surface area contributed by atoms with Crippen molar-refractivity contribution < 1.29 is 18.0 Å². The molecule has 2 N–H and O–H groups in total. The molecule has 6 bridgehead atoms. The van der Waals surface area contributed by atoms with E-state index in [0.29, 0.717) is 35.9 Å². The van der Waals surface area contributed by atoms with E-state index >= 15 is 0 Å². The number of aryl methyl sites for hydroxylation is 1. The van der Waals surface area contributed by atoms with Crippen molar-refractivity contribution in [2.45, 2.75) is 38.8 Å². The van der Waals surface area contributed by atoms with Crippen molar-refractivity contribution >= 4 is 11.6 Å². The van der Waals surface area contributed by atoms with E-state index in [1.807, 2.05) is 19.1 Å². The number of alkyl halides is 3. The summed E-state index contributed by atoms with van der Waals surface area (Å²) in [6.45, 7) is 8.65. The lowest BCUT2D eigenvalue weighted by Gasteiger charge is -2.23. The highest BCUT2D eigenvalue weighted by atomic mass is 19.4. The molecular weight excluding hydrogens is 415 g/mol. The molecule has 32 heavy (non-hydrogen) atoms. The van der Waals surface area contributed by atoms with Gasteiger partial charge in [-0.05, 0) is 91.7 Å². The lowest BCUT2D eigenvalue weighted by molar-refractivity contribution is -0.137. The molecule has 3 atom stereocenters. The molecule has 4 nitrogen and oxygen atoms in total. The minimum absolute atomic E-state index is 0.171. The SMILES string of the molecule is Cc1ccc2cc1C(C)C1CCN(CCNCCc3cc(cc(C(F)(F)F)c3)NC2=O)C1. The van der Waals surface area contributed by atoms with Crippen LogP contribution in [0, 0.1) is 12.8 Å². The Labute approximate surface area is 187 Å². The summed E-state index contributed by atoms with van der Waals surface area (Å²) in [6.07, 6.45) is -2.89. The second-order valence-corrected chi connectivity index (χ2v) is 9.08. The highest BCUT2D eigenvalue weighted by molar-refractivity contribution is 6.04. The molecule has 2 heterocycles. The second kappa shape index (κ2) is 9.24. The first kappa shape index (κ1) is 22.8. The van der Waals surface area contributed by atoms with Gasteiger partial charge in [-0.15, -0.1) is 0 Å². The molecule has 2 aromatic carbocycles. The van der Waals surface area contributed by atoms with Gasteiger partial charge >= 0.3 is 6.18 Å². The maximum Gasteiger partial charge on any atom is 0.416 e. The van der Waals surface area contributed by atoms with Crippen LogP contribution in [0.25, 0.3) is 0 Å². The molecule has 172 valence electrons. The van der Waals surface area contributed by atoms with Gasteiger partial charge in [0.25, 0.3) is 5.91 Å². The van der Waals surface area contributed by atoms with Crippen molar-refractivity contribution in [3.05, 3.63) is 64.2 Å². The molecule has 4 rings (SSSR count). The molecule has 0 saturated carbocycles. The number of fused-ring (bicyclic) bond motifs is 6. The number of nitrogens with one attached hydrogen (secondary N) is 2. The number of hydrogen-bond acceptors (Lipinski definition) is 3. The van der Waals surface area contributed by atoms with Gasteiger partial charge in [0.15, 0.2) is 0 Å². The van der Waals surface area contributed by atoms with E-state index in [1.165, 1.54) is 6.07 Å². The standard InChI is InChI=1S/C25H30F3N3O/c1-16-3-4-19-13-23(16)17(2)20-6-9-31(15-20)10-8-29-7-5-18-11-21(25(26,27)28)14-22(12-18)30-24(19)32/h3-4,11-14,17,20,29H,5-10,15H2,1-2H3,(H,30,32). The van der Waals surface area contributed by atoms with Crippen LogP contribution in [-0.4, -0.2) is 43.5 Å². The molecular formula is C25H30F3N3O. The Morgan fingerprint density at radius 2 is 1.88 bits per heavy atom. The van der Waals surface area contributed by atoms with Crippen LogP contribution in [0.3, 0.4) is 0 Å². The topological polar surface area (TPSA) is 44.4 Å². The van der Waals surface area contributed by atoms with E-state index in [9.17, 15) is 18.0 Å². The van der Waals surface area contributed by atoms with Crippen molar-refractivity contribution in [1.82, 2.24) is 10.2 Å². The zero-order chi connectivity index (χ0) is 22.9. The third-order valence-electron chi connectivity index (χ3n) is 6.82. The van der Waals surface area contributed by atoms with Gasteiger partial charge in [-0.25, -0.2) is 0 Å². The van der Waals surface area contributed by atoms with Crippen molar-refractivity contribution in [2.24, 2.45) is 5.92 Å². The summed E-state index contributed by atoms with van der Waals surface area (Å²) in [5, 5.41) is 6.05. The first-order valence-electron chi connectivity index (χ1n) is 11.3. The number of halogens is 3. The maximum atomic E-state index is 13.4. The van der Waals surface area contributed by atoms with Crippen LogP contribution in [0.1, 0.15) is 51.9 Å². The average molecular weight is 446 g/mol. The quantitative estimate of drug-likeness (QED) is 0.610. The molecule has 2 aliphatic heterocycles. The molecule has 0 aromatic heterocycles. The highest BCUT2D eigenvalue weighted by Crippen LogP contribution is 2.35. The van der Waals surface area contributed by atoms with Crippen LogP contribution < -0.4 is 10.6 Å². The Morgan fingerprint density at radius 3 is 2.66 bits per heavy atom. The molecule has 7 heteroatoms. The van der Waals surface area contributed by atoms with Crippen molar-refractivity contribution in [3.8, 4) is 0 Å².